The number of carbonyl (C=O) groups is 1. The highest BCUT2D eigenvalue weighted by Gasteiger charge is 2.12. The summed E-state index contributed by atoms with van der Waals surface area (Å²) >= 11 is 1.59. The molecule has 0 aliphatic rings. The summed E-state index contributed by atoms with van der Waals surface area (Å²) in [5.74, 6) is 0.516. The second kappa shape index (κ2) is 8.03. The third-order valence-corrected chi connectivity index (χ3v) is 4.78. The predicted molar refractivity (Wildman–Crippen MR) is 103 cm³/mol. The van der Waals surface area contributed by atoms with Crippen LogP contribution in [-0.4, -0.2) is 16.1 Å². The summed E-state index contributed by atoms with van der Waals surface area (Å²) in [6.07, 6.45) is 1.62. The molecule has 0 aliphatic heterocycles. The molecule has 7 heteroatoms. The van der Waals surface area contributed by atoms with Crippen LogP contribution in [0.5, 0.6) is 0 Å². The molecule has 4 rings (SSSR count). The number of anilines is 1. The fourth-order valence-corrected chi connectivity index (χ4v) is 3.29. The molecule has 0 saturated carbocycles. The summed E-state index contributed by atoms with van der Waals surface area (Å²) in [5, 5.41) is 11.9. The lowest BCUT2D eigenvalue weighted by molar-refractivity contribution is 0.0929. The summed E-state index contributed by atoms with van der Waals surface area (Å²) in [5.41, 5.74) is 2.83. The summed E-state index contributed by atoms with van der Waals surface area (Å²) < 4.78 is 10.9. The Morgan fingerprint density at radius 2 is 2.11 bits per heavy atom. The van der Waals surface area contributed by atoms with Crippen molar-refractivity contribution in [2.24, 2.45) is 0 Å². The average molecular weight is 379 g/mol. The SMILES string of the molecule is O=C(Nc1cccc(COCc2ccco2)c1)c1cc(-c2cccs2)[nH]n1. The van der Waals surface area contributed by atoms with E-state index in [1.807, 2.05) is 53.9 Å². The second-order valence-electron chi connectivity index (χ2n) is 5.87. The summed E-state index contributed by atoms with van der Waals surface area (Å²) in [4.78, 5) is 13.5. The molecule has 0 unspecified atom stereocenters. The van der Waals surface area contributed by atoms with Crippen LogP contribution < -0.4 is 5.32 Å². The molecule has 0 saturated heterocycles. The van der Waals surface area contributed by atoms with Gasteiger partial charge in [-0.2, -0.15) is 5.10 Å². The number of thiophene rings is 1. The maximum Gasteiger partial charge on any atom is 0.276 e. The highest BCUT2D eigenvalue weighted by molar-refractivity contribution is 7.13. The van der Waals surface area contributed by atoms with Crippen LogP contribution in [0.15, 0.2) is 70.7 Å². The number of hydrogen-bond donors (Lipinski definition) is 2. The van der Waals surface area contributed by atoms with Crippen molar-refractivity contribution < 1.29 is 13.9 Å². The summed E-state index contributed by atoms with van der Waals surface area (Å²) in [6, 6.07) is 16.9. The molecule has 0 aliphatic carbocycles. The van der Waals surface area contributed by atoms with Gasteiger partial charge in [-0.05, 0) is 47.3 Å². The number of nitrogens with one attached hydrogen (secondary N) is 2. The quantitative estimate of drug-likeness (QED) is 0.488. The second-order valence-corrected chi connectivity index (χ2v) is 6.82. The van der Waals surface area contributed by atoms with E-state index < -0.39 is 0 Å². The Labute approximate surface area is 159 Å². The van der Waals surface area contributed by atoms with Crippen LogP contribution in [0, 0.1) is 0 Å². The van der Waals surface area contributed by atoms with Gasteiger partial charge in [0.05, 0.1) is 23.4 Å². The molecular formula is C20H17N3O3S. The topological polar surface area (TPSA) is 80.1 Å². The van der Waals surface area contributed by atoms with Crippen LogP contribution in [-0.2, 0) is 18.0 Å². The van der Waals surface area contributed by atoms with Gasteiger partial charge in [0.1, 0.15) is 12.4 Å². The third kappa shape index (κ3) is 4.33. The first kappa shape index (κ1) is 17.3. The lowest BCUT2D eigenvalue weighted by Gasteiger charge is -2.07. The van der Waals surface area contributed by atoms with Crippen LogP contribution in [0.25, 0.3) is 10.6 Å². The van der Waals surface area contributed by atoms with E-state index in [1.165, 1.54) is 0 Å². The van der Waals surface area contributed by atoms with Crippen LogP contribution in [0.1, 0.15) is 21.8 Å². The molecule has 0 atom stereocenters. The smallest absolute Gasteiger partial charge is 0.276 e. The van der Waals surface area contributed by atoms with E-state index in [0.29, 0.717) is 24.6 Å². The monoisotopic (exact) mass is 379 g/mol. The number of benzene rings is 1. The minimum Gasteiger partial charge on any atom is -0.467 e. The van der Waals surface area contributed by atoms with E-state index in [2.05, 4.69) is 15.5 Å². The standard InChI is InChI=1S/C20H17N3O3S/c24-20(18-11-17(22-23-18)19-7-3-9-27-19)21-15-5-1-4-14(10-15)12-25-13-16-6-2-8-26-16/h1-11H,12-13H2,(H,21,24)(H,22,23). The zero-order chi connectivity index (χ0) is 18.5. The van der Waals surface area contributed by atoms with Gasteiger partial charge in [0.25, 0.3) is 5.91 Å². The molecule has 0 spiro atoms. The van der Waals surface area contributed by atoms with Gasteiger partial charge in [0.2, 0.25) is 0 Å². The van der Waals surface area contributed by atoms with E-state index in [1.54, 1.807) is 23.7 Å². The lowest BCUT2D eigenvalue weighted by atomic mass is 10.2. The molecule has 3 aromatic heterocycles. The average Bonchev–Trinajstić information content (AvgIpc) is 3.43. The Hall–Kier alpha value is -3.16. The van der Waals surface area contributed by atoms with Crippen molar-refractivity contribution in [1.82, 2.24) is 10.2 Å². The lowest BCUT2D eigenvalue weighted by Crippen LogP contribution is -2.12. The maximum atomic E-state index is 12.4. The zero-order valence-electron chi connectivity index (χ0n) is 14.3. The molecule has 2 N–H and O–H groups in total. The number of aromatic amines is 1. The first-order chi connectivity index (χ1) is 13.3. The Bertz CT molecular complexity index is 1010. The van der Waals surface area contributed by atoms with Crippen LogP contribution in [0.4, 0.5) is 5.69 Å². The van der Waals surface area contributed by atoms with Gasteiger partial charge in [-0.1, -0.05) is 18.2 Å². The molecule has 1 amide bonds. The minimum absolute atomic E-state index is 0.261. The number of carbonyl (C=O) groups excluding carboxylic acids is 1. The fourth-order valence-electron chi connectivity index (χ4n) is 2.59. The number of ether oxygens (including phenoxy) is 1. The molecule has 0 fully saturated rings. The Kier molecular flexibility index (Phi) is 5.13. The normalized spacial score (nSPS) is 10.8. The number of nitrogens with zero attached hydrogens (tertiary/aromatic N) is 1. The van der Waals surface area contributed by atoms with Gasteiger partial charge in [-0.15, -0.1) is 11.3 Å². The van der Waals surface area contributed by atoms with Crippen LogP contribution in [0.2, 0.25) is 0 Å². The van der Waals surface area contributed by atoms with Gasteiger partial charge in [0, 0.05) is 5.69 Å². The van der Waals surface area contributed by atoms with Crippen molar-refractivity contribution in [1.29, 1.82) is 0 Å². The van der Waals surface area contributed by atoms with Gasteiger partial charge >= 0.3 is 0 Å². The van der Waals surface area contributed by atoms with Crippen molar-refractivity contribution >= 4 is 22.9 Å². The minimum atomic E-state index is -0.261. The largest absolute Gasteiger partial charge is 0.467 e. The molecule has 0 bridgehead atoms. The van der Waals surface area contributed by atoms with Gasteiger partial charge in [-0.25, -0.2) is 0 Å². The van der Waals surface area contributed by atoms with E-state index in [9.17, 15) is 4.79 Å². The molecule has 3 heterocycles. The summed E-state index contributed by atoms with van der Waals surface area (Å²) in [6.45, 7) is 0.831. The Morgan fingerprint density at radius 1 is 1.15 bits per heavy atom. The zero-order valence-corrected chi connectivity index (χ0v) is 15.2. The maximum absolute atomic E-state index is 12.4. The molecule has 4 aromatic rings. The molecule has 1 aromatic carbocycles. The van der Waals surface area contributed by atoms with Crippen molar-refractivity contribution in [3.05, 3.63) is 83.3 Å². The molecule has 0 radical (unpaired) electrons. The Balaban J connectivity index is 1.36. The van der Waals surface area contributed by atoms with E-state index in [0.717, 1.165) is 21.9 Å². The first-order valence-electron chi connectivity index (χ1n) is 8.37. The number of amides is 1. The Morgan fingerprint density at radius 3 is 2.93 bits per heavy atom. The summed E-state index contributed by atoms with van der Waals surface area (Å²) in [7, 11) is 0. The first-order valence-corrected chi connectivity index (χ1v) is 9.25. The molecular weight excluding hydrogens is 362 g/mol. The van der Waals surface area contributed by atoms with Crippen molar-refractivity contribution in [3.8, 4) is 10.6 Å². The number of rotatable bonds is 7. The van der Waals surface area contributed by atoms with Crippen molar-refractivity contribution in [2.45, 2.75) is 13.2 Å². The number of H-pyrrole nitrogens is 1. The van der Waals surface area contributed by atoms with E-state index >= 15 is 0 Å². The highest BCUT2D eigenvalue weighted by atomic mass is 32.1. The van der Waals surface area contributed by atoms with Gasteiger partial charge < -0.3 is 14.5 Å². The molecule has 27 heavy (non-hydrogen) atoms. The third-order valence-electron chi connectivity index (χ3n) is 3.88. The molecule has 136 valence electrons. The number of furan rings is 1. The van der Waals surface area contributed by atoms with Gasteiger partial charge in [0.15, 0.2) is 5.69 Å². The van der Waals surface area contributed by atoms with Crippen LogP contribution in [0.3, 0.4) is 0 Å². The number of aromatic nitrogens is 2. The number of hydrogen-bond acceptors (Lipinski definition) is 5. The van der Waals surface area contributed by atoms with E-state index in [4.69, 9.17) is 9.15 Å². The van der Waals surface area contributed by atoms with Crippen LogP contribution >= 0.6 is 11.3 Å². The molecule has 6 nitrogen and oxygen atoms in total. The van der Waals surface area contributed by atoms with E-state index in [-0.39, 0.29) is 5.91 Å². The highest BCUT2D eigenvalue weighted by Crippen LogP contribution is 2.23. The van der Waals surface area contributed by atoms with Gasteiger partial charge in [-0.3, -0.25) is 9.89 Å². The van der Waals surface area contributed by atoms with Crippen molar-refractivity contribution in [3.63, 3.8) is 0 Å². The fraction of sp³-hybridized carbons (Fsp3) is 0.100. The predicted octanol–water partition coefficient (Wildman–Crippen LogP) is 4.70. The van der Waals surface area contributed by atoms with Crippen molar-refractivity contribution in [2.75, 3.05) is 5.32 Å².